The van der Waals surface area contributed by atoms with Crippen molar-refractivity contribution in [3.8, 4) is 0 Å². The van der Waals surface area contributed by atoms with E-state index in [4.69, 9.17) is 4.74 Å². The Balaban J connectivity index is 2.28. The minimum atomic E-state index is -0.653. The average Bonchev–Trinajstić information content (AvgIpc) is 2.29. The van der Waals surface area contributed by atoms with E-state index in [1.54, 1.807) is 0 Å². The van der Waals surface area contributed by atoms with Gasteiger partial charge in [-0.3, -0.25) is 0 Å². The lowest BCUT2D eigenvalue weighted by molar-refractivity contribution is -0.164. The van der Waals surface area contributed by atoms with E-state index in [0.717, 1.165) is 39.1 Å². The van der Waals surface area contributed by atoms with E-state index >= 15 is 0 Å². The number of hydrogen-bond donors (Lipinski definition) is 1. The summed E-state index contributed by atoms with van der Waals surface area (Å²) in [5, 5.41) is 9.90. The molecule has 1 aliphatic rings. The van der Waals surface area contributed by atoms with Crippen LogP contribution < -0.4 is 0 Å². The molecule has 0 aromatic rings. The van der Waals surface area contributed by atoms with E-state index in [-0.39, 0.29) is 5.41 Å². The van der Waals surface area contributed by atoms with Gasteiger partial charge >= 0.3 is 0 Å². The fourth-order valence-electron chi connectivity index (χ4n) is 2.02. The third kappa shape index (κ3) is 4.92. The Hall–Kier alpha value is -0.160. The van der Waals surface area contributed by atoms with Crippen LogP contribution in [0.5, 0.6) is 0 Å². The standard InChI is InChI=1S/C13H28N2O2/c1-5-17-12(16)13(2,3)6-7-15-10-8-14(4)9-11-15/h12,16H,5-11H2,1-4H3. The van der Waals surface area contributed by atoms with Gasteiger partial charge in [0.1, 0.15) is 0 Å². The van der Waals surface area contributed by atoms with Crippen LogP contribution in [0.2, 0.25) is 0 Å². The first kappa shape index (κ1) is 14.9. The number of likely N-dealkylation sites (N-methyl/N-ethyl adjacent to an activating group) is 1. The number of aliphatic hydroxyl groups excluding tert-OH is 1. The van der Waals surface area contributed by atoms with E-state index in [1.807, 2.05) is 6.92 Å². The minimum absolute atomic E-state index is 0.167. The van der Waals surface area contributed by atoms with Crippen LogP contribution in [0, 0.1) is 5.41 Å². The Morgan fingerprint density at radius 3 is 2.35 bits per heavy atom. The summed E-state index contributed by atoms with van der Waals surface area (Å²) < 4.78 is 5.29. The third-order valence-corrected chi connectivity index (χ3v) is 3.66. The molecule has 1 N–H and O–H groups in total. The van der Waals surface area contributed by atoms with E-state index in [0.29, 0.717) is 6.61 Å². The van der Waals surface area contributed by atoms with Gasteiger partial charge in [0.15, 0.2) is 6.29 Å². The molecule has 0 saturated carbocycles. The van der Waals surface area contributed by atoms with Gasteiger partial charge < -0.3 is 19.6 Å². The zero-order valence-electron chi connectivity index (χ0n) is 11.8. The number of piperazine rings is 1. The Labute approximate surface area is 106 Å². The smallest absolute Gasteiger partial charge is 0.159 e. The first-order valence-electron chi connectivity index (χ1n) is 6.66. The van der Waals surface area contributed by atoms with Crippen molar-refractivity contribution in [2.24, 2.45) is 5.41 Å². The van der Waals surface area contributed by atoms with Crippen molar-refractivity contribution in [1.29, 1.82) is 0 Å². The molecule has 4 heteroatoms. The van der Waals surface area contributed by atoms with Gasteiger partial charge in [-0.25, -0.2) is 0 Å². The largest absolute Gasteiger partial charge is 0.368 e. The van der Waals surface area contributed by atoms with Crippen molar-refractivity contribution in [1.82, 2.24) is 9.80 Å². The quantitative estimate of drug-likeness (QED) is 0.707. The lowest BCUT2D eigenvalue weighted by atomic mass is 9.88. The maximum Gasteiger partial charge on any atom is 0.159 e. The molecular formula is C13H28N2O2. The first-order valence-corrected chi connectivity index (χ1v) is 6.66. The second kappa shape index (κ2) is 6.69. The molecule has 0 aromatic carbocycles. The lowest BCUT2D eigenvalue weighted by Gasteiger charge is -2.36. The van der Waals surface area contributed by atoms with Crippen molar-refractivity contribution in [3.05, 3.63) is 0 Å². The van der Waals surface area contributed by atoms with Crippen LogP contribution in [0.3, 0.4) is 0 Å². The van der Waals surface area contributed by atoms with E-state index in [1.165, 1.54) is 0 Å². The Bertz CT molecular complexity index is 213. The summed E-state index contributed by atoms with van der Waals surface area (Å²) in [6, 6.07) is 0. The van der Waals surface area contributed by atoms with Crippen molar-refractivity contribution >= 4 is 0 Å². The topological polar surface area (TPSA) is 35.9 Å². The number of nitrogens with zero attached hydrogens (tertiary/aromatic N) is 2. The van der Waals surface area contributed by atoms with Gasteiger partial charge in [0, 0.05) is 38.2 Å². The van der Waals surface area contributed by atoms with Gasteiger partial charge in [-0.2, -0.15) is 0 Å². The maximum atomic E-state index is 9.90. The molecule has 1 unspecified atom stereocenters. The molecule has 0 spiro atoms. The highest BCUT2D eigenvalue weighted by Crippen LogP contribution is 2.26. The van der Waals surface area contributed by atoms with Gasteiger partial charge in [-0.1, -0.05) is 13.8 Å². The molecular weight excluding hydrogens is 216 g/mol. The molecule has 1 rings (SSSR count). The number of hydrogen-bond acceptors (Lipinski definition) is 4. The monoisotopic (exact) mass is 244 g/mol. The number of rotatable bonds is 6. The van der Waals surface area contributed by atoms with E-state index < -0.39 is 6.29 Å². The molecule has 0 aliphatic carbocycles. The SMILES string of the molecule is CCOC(O)C(C)(C)CCN1CCN(C)CC1. The summed E-state index contributed by atoms with van der Waals surface area (Å²) in [6.45, 7) is 12.2. The normalized spacial score (nSPS) is 21.7. The van der Waals surface area contributed by atoms with Crippen molar-refractivity contribution in [3.63, 3.8) is 0 Å². The predicted molar refractivity (Wildman–Crippen MR) is 70.0 cm³/mol. The molecule has 102 valence electrons. The van der Waals surface area contributed by atoms with Crippen LogP contribution in [0.4, 0.5) is 0 Å². The summed E-state index contributed by atoms with van der Waals surface area (Å²) in [6.07, 6.45) is 0.317. The van der Waals surface area contributed by atoms with Crippen molar-refractivity contribution < 1.29 is 9.84 Å². The summed E-state index contributed by atoms with van der Waals surface area (Å²) >= 11 is 0. The molecule has 1 aliphatic heterocycles. The number of ether oxygens (including phenoxy) is 1. The molecule has 0 bridgehead atoms. The molecule has 4 nitrogen and oxygen atoms in total. The Kier molecular flexibility index (Phi) is 5.86. The summed E-state index contributed by atoms with van der Waals surface area (Å²) in [5.74, 6) is 0. The second-order valence-electron chi connectivity index (χ2n) is 5.69. The van der Waals surface area contributed by atoms with Crippen molar-refractivity contribution in [2.75, 3.05) is 46.4 Å². The fraction of sp³-hybridized carbons (Fsp3) is 1.00. The molecule has 1 atom stereocenters. The zero-order chi connectivity index (χ0) is 12.9. The van der Waals surface area contributed by atoms with Crippen LogP contribution >= 0.6 is 0 Å². The van der Waals surface area contributed by atoms with Gasteiger partial charge in [-0.05, 0) is 26.9 Å². The molecule has 1 fully saturated rings. The molecule has 0 amide bonds. The van der Waals surface area contributed by atoms with Crippen LogP contribution in [0.15, 0.2) is 0 Å². The molecule has 1 saturated heterocycles. The van der Waals surface area contributed by atoms with Gasteiger partial charge in [0.2, 0.25) is 0 Å². The van der Waals surface area contributed by atoms with Crippen LogP contribution in [-0.2, 0) is 4.74 Å². The zero-order valence-corrected chi connectivity index (χ0v) is 11.8. The van der Waals surface area contributed by atoms with Gasteiger partial charge in [0.25, 0.3) is 0 Å². The lowest BCUT2D eigenvalue weighted by Crippen LogP contribution is -2.46. The van der Waals surface area contributed by atoms with Crippen LogP contribution in [-0.4, -0.2) is 67.6 Å². The summed E-state index contributed by atoms with van der Waals surface area (Å²) in [7, 11) is 2.17. The molecule has 0 radical (unpaired) electrons. The highest BCUT2D eigenvalue weighted by atomic mass is 16.6. The highest BCUT2D eigenvalue weighted by Gasteiger charge is 2.29. The van der Waals surface area contributed by atoms with Crippen molar-refractivity contribution in [2.45, 2.75) is 33.5 Å². The Morgan fingerprint density at radius 2 is 1.82 bits per heavy atom. The van der Waals surface area contributed by atoms with Gasteiger partial charge in [-0.15, -0.1) is 0 Å². The molecule has 17 heavy (non-hydrogen) atoms. The fourth-order valence-corrected chi connectivity index (χ4v) is 2.02. The van der Waals surface area contributed by atoms with E-state index in [9.17, 15) is 5.11 Å². The summed E-state index contributed by atoms with van der Waals surface area (Å²) in [5.41, 5.74) is -0.167. The molecule has 0 aromatic heterocycles. The second-order valence-corrected chi connectivity index (χ2v) is 5.69. The Morgan fingerprint density at radius 1 is 1.24 bits per heavy atom. The third-order valence-electron chi connectivity index (χ3n) is 3.66. The van der Waals surface area contributed by atoms with Crippen LogP contribution in [0.25, 0.3) is 0 Å². The number of aliphatic hydroxyl groups is 1. The van der Waals surface area contributed by atoms with E-state index in [2.05, 4.69) is 30.7 Å². The first-order chi connectivity index (χ1) is 7.95. The molecule has 1 heterocycles. The van der Waals surface area contributed by atoms with Gasteiger partial charge in [0.05, 0.1) is 0 Å². The maximum absolute atomic E-state index is 9.90. The average molecular weight is 244 g/mol. The highest BCUT2D eigenvalue weighted by molar-refractivity contribution is 4.76. The summed E-state index contributed by atoms with van der Waals surface area (Å²) in [4.78, 5) is 4.83. The predicted octanol–water partition coefficient (Wildman–Crippen LogP) is 1.01. The minimum Gasteiger partial charge on any atom is -0.368 e. The van der Waals surface area contributed by atoms with Crippen LogP contribution in [0.1, 0.15) is 27.2 Å².